The van der Waals surface area contributed by atoms with Crippen molar-refractivity contribution in [2.75, 3.05) is 11.1 Å². The first-order valence-corrected chi connectivity index (χ1v) is 6.01. The van der Waals surface area contributed by atoms with Crippen molar-refractivity contribution < 1.29 is 14.7 Å². The maximum atomic E-state index is 11.8. The Morgan fingerprint density at radius 3 is 2.42 bits per heavy atom. The number of hydrogen-bond acceptors (Lipinski definition) is 4. The molecule has 1 unspecified atom stereocenters. The molecule has 0 aliphatic carbocycles. The molecule has 1 aromatic rings. The third kappa shape index (κ3) is 3.87. The first-order chi connectivity index (χ1) is 8.82. The van der Waals surface area contributed by atoms with Crippen molar-refractivity contribution in [2.45, 2.75) is 32.9 Å². The molecule has 1 aromatic carbocycles. The van der Waals surface area contributed by atoms with Crippen LogP contribution in [0.15, 0.2) is 18.2 Å². The first kappa shape index (κ1) is 14.8. The van der Waals surface area contributed by atoms with Crippen LogP contribution in [-0.4, -0.2) is 29.1 Å². The van der Waals surface area contributed by atoms with E-state index in [1.807, 2.05) is 13.8 Å². The minimum atomic E-state index is -1.09. The largest absolute Gasteiger partial charge is 0.478 e. The Bertz CT molecular complexity index is 486. The summed E-state index contributed by atoms with van der Waals surface area (Å²) in [6.07, 6.45) is 0. The third-order valence-corrected chi connectivity index (χ3v) is 2.51. The van der Waals surface area contributed by atoms with Crippen LogP contribution < -0.4 is 16.4 Å². The molecule has 0 aliphatic rings. The summed E-state index contributed by atoms with van der Waals surface area (Å²) in [7, 11) is 0. The molecule has 0 spiro atoms. The fourth-order valence-electron chi connectivity index (χ4n) is 1.60. The minimum Gasteiger partial charge on any atom is -0.478 e. The Morgan fingerprint density at radius 1 is 1.26 bits per heavy atom. The fourth-order valence-corrected chi connectivity index (χ4v) is 1.60. The van der Waals surface area contributed by atoms with Gasteiger partial charge in [0.05, 0.1) is 16.9 Å². The Hall–Kier alpha value is -2.24. The van der Waals surface area contributed by atoms with Gasteiger partial charge in [-0.25, -0.2) is 4.79 Å². The highest BCUT2D eigenvalue weighted by atomic mass is 16.4. The van der Waals surface area contributed by atoms with Gasteiger partial charge in [0.1, 0.15) is 6.04 Å². The van der Waals surface area contributed by atoms with Gasteiger partial charge in [0.25, 0.3) is 0 Å². The standard InChI is InChI=1S/C13H19N3O3/c1-7(2)15-12(17)8(3)16-11-9(13(18)19)5-4-6-10(11)14/h4-8,16H,14H2,1-3H3,(H,15,17)(H,18,19). The number of carbonyl (C=O) groups is 2. The van der Waals surface area contributed by atoms with Crippen LogP contribution in [0.25, 0.3) is 0 Å². The molecule has 0 heterocycles. The molecule has 6 heteroatoms. The molecule has 1 atom stereocenters. The van der Waals surface area contributed by atoms with Crippen LogP contribution in [0, 0.1) is 0 Å². The predicted octanol–water partition coefficient (Wildman–Crippen LogP) is 1.29. The first-order valence-electron chi connectivity index (χ1n) is 6.01. The van der Waals surface area contributed by atoms with Gasteiger partial charge >= 0.3 is 5.97 Å². The highest BCUT2D eigenvalue weighted by Crippen LogP contribution is 2.24. The lowest BCUT2D eigenvalue weighted by Crippen LogP contribution is -2.41. The van der Waals surface area contributed by atoms with Gasteiger partial charge in [0.15, 0.2) is 0 Å². The lowest BCUT2D eigenvalue weighted by molar-refractivity contribution is -0.122. The monoisotopic (exact) mass is 265 g/mol. The molecule has 0 bridgehead atoms. The number of aromatic carboxylic acids is 1. The number of benzene rings is 1. The lowest BCUT2D eigenvalue weighted by Gasteiger charge is -2.19. The predicted molar refractivity (Wildman–Crippen MR) is 74.2 cm³/mol. The van der Waals surface area contributed by atoms with Crippen molar-refractivity contribution in [3.05, 3.63) is 23.8 Å². The molecule has 0 aliphatic heterocycles. The number of nitrogens with two attached hydrogens (primary N) is 1. The second kappa shape index (κ2) is 6.08. The summed E-state index contributed by atoms with van der Waals surface area (Å²) in [4.78, 5) is 22.9. The zero-order chi connectivity index (χ0) is 14.6. The summed E-state index contributed by atoms with van der Waals surface area (Å²) < 4.78 is 0. The fraction of sp³-hybridized carbons (Fsp3) is 0.385. The lowest BCUT2D eigenvalue weighted by atomic mass is 10.1. The molecule has 5 N–H and O–H groups in total. The number of carboxylic acid groups (broad SMARTS) is 1. The molecular formula is C13H19N3O3. The third-order valence-electron chi connectivity index (χ3n) is 2.51. The summed E-state index contributed by atoms with van der Waals surface area (Å²) in [5, 5.41) is 14.7. The summed E-state index contributed by atoms with van der Waals surface area (Å²) in [6, 6.07) is 4.02. The number of hydrogen-bond donors (Lipinski definition) is 4. The van der Waals surface area contributed by atoms with E-state index in [0.717, 1.165) is 0 Å². The van der Waals surface area contributed by atoms with E-state index in [4.69, 9.17) is 10.8 Å². The second-order valence-electron chi connectivity index (χ2n) is 4.60. The van der Waals surface area contributed by atoms with E-state index < -0.39 is 12.0 Å². The van der Waals surface area contributed by atoms with Crippen molar-refractivity contribution in [1.29, 1.82) is 0 Å². The molecule has 1 amide bonds. The Morgan fingerprint density at radius 2 is 1.89 bits per heavy atom. The number of nitrogens with one attached hydrogen (secondary N) is 2. The van der Waals surface area contributed by atoms with Crippen LogP contribution in [0.1, 0.15) is 31.1 Å². The van der Waals surface area contributed by atoms with Crippen molar-refractivity contribution in [3.63, 3.8) is 0 Å². The van der Waals surface area contributed by atoms with Gasteiger partial charge in [0.2, 0.25) is 5.91 Å². The number of nitrogen functional groups attached to an aromatic ring is 1. The molecule has 1 rings (SSSR count). The highest BCUT2D eigenvalue weighted by Gasteiger charge is 2.18. The van der Waals surface area contributed by atoms with Crippen LogP contribution in [0.4, 0.5) is 11.4 Å². The SMILES string of the molecule is CC(C)NC(=O)C(C)Nc1c(N)cccc1C(=O)O. The summed E-state index contributed by atoms with van der Waals surface area (Å²) in [6.45, 7) is 5.35. The van der Waals surface area contributed by atoms with Crippen LogP contribution >= 0.6 is 0 Å². The van der Waals surface area contributed by atoms with Gasteiger partial charge in [-0.1, -0.05) is 6.07 Å². The number of rotatable bonds is 5. The minimum absolute atomic E-state index is 0.0174. The average molecular weight is 265 g/mol. The van der Waals surface area contributed by atoms with Crippen molar-refractivity contribution >= 4 is 23.3 Å². The zero-order valence-corrected chi connectivity index (χ0v) is 11.2. The van der Waals surface area contributed by atoms with E-state index >= 15 is 0 Å². The van der Waals surface area contributed by atoms with Gasteiger partial charge in [-0.3, -0.25) is 4.79 Å². The number of anilines is 2. The number of amides is 1. The normalized spacial score (nSPS) is 12.0. The summed E-state index contributed by atoms with van der Waals surface area (Å²) in [5.74, 6) is -1.30. The molecule has 6 nitrogen and oxygen atoms in total. The van der Waals surface area contributed by atoms with E-state index in [2.05, 4.69) is 10.6 Å². The average Bonchev–Trinajstić information content (AvgIpc) is 2.30. The van der Waals surface area contributed by atoms with Gasteiger partial charge in [-0.15, -0.1) is 0 Å². The maximum absolute atomic E-state index is 11.8. The van der Waals surface area contributed by atoms with Crippen LogP contribution in [0.2, 0.25) is 0 Å². The van der Waals surface area contributed by atoms with Gasteiger partial charge in [-0.2, -0.15) is 0 Å². The van der Waals surface area contributed by atoms with Crippen molar-refractivity contribution in [1.82, 2.24) is 5.32 Å². The molecule has 0 aromatic heterocycles. The molecular weight excluding hydrogens is 246 g/mol. The van der Waals surface area contributed by atoms with Crippen molar-refractivity contribution in [2.24, 2.45) is 0 Å². The van der Waals surface area contributed by atoms with Gasteiger partial charge in [-0.05, 0) is 32.9 Å². The number of carbonyl (C=O) groups excluding carboxylic acids is 1. The van der Waals surface area contributed by atoms with Crippen LogP contribution in [0.5, 0.6) is 0 Å². The topological polar surface area (TPSA) is 104 Å². The highest BCUT2D eigenvalue weighted by molar-refractivity contribution is 5.98. The maximum Gasteiger partial charge on any atom is 0.337 e. The Labute approximate surface area is 112 Å². The van der Waals surface area contributed by atoms with Crippen molar-refractivity contribution in [3.8, 4) is 0 Å². The van der Waals surface area contributed by atoms with E-state index in [1.54, 1.807) is 19.1 Å². The van der Waals surface area contributed by atoms with Gasteiger partial charge in [0, 0.05) is 6.04 Å². The zero-order valence-electron chi connectivity index (χ0n) is 11.2. The molecule has 0 radical (unpaired) electrons. The van der Waals surface area contributed by atoms with E-state index in [-0.39, 0.29) is 23.2 Å². The Kier molecular flexibility index (Phi) is 4.74. The molecule has 0 fully saturated rings. The van der Waals surface area contributed by atoms with E-state index in [9.17, 15) is 9.59 Å². The van der Waals surface area contributed by atoms with Gasteiger partial charge < -0.3 is 21.5 Å². The summed E-state index contributed by atoms with van der Waals surface area (Å²) in [5.41, 5.74) is 6.36. The van der Waals surface area contributed by atoms with E-state index in [0.29, 0.717) is 5.69 Å². The number of carboxylic acids is 1. The van der Waals surface area contributed by atoms with E-state index in [1.165, 1.54) is 6.07 Å². The summed E-state index contributed by atoms with van der Waals surface area (Å²) >= 11 is 0. The molecule has 104 valence electrons. The smallest absolute Gasteiger partial charge is 0.337 e. The molecule has 0 saturated heterocycles. The Balaban J connectivity index is 2.93. The quantitative estimate of drug-likeness (QED) is 0.600. The van der Waals surface area contributed by atoms with Crippen LogP contribution in [0.3, 0.4) is 0 Å². The molecule has 0 saturated carbocycles. The molecule has 19 heavy (non-hydrogen) atoms. The van der Waals surface area contributed by atoms with Crippen LogP contribution in [-0.2, 0) is 4.79 Å². The number of para-hydroxylation sites is 1. The second-order valence-corrected chi connectivity index (χ2v) is 4.60.